The summed E-state index contributed by atoms with van der Waals surface area (Å²) in [5, 5.41) is 17.1. The van der Waals surface area contributed by atoms with Crippen LogP contribution < -0.4 is 15.5 Å². The van der Waals surface area contributed by atoms with Gasteiger partial charge in [0, 0.05) is 38.1 Å². The highest BCUT2D eigenvalue weighted by Crippen LogP contribution is 2.20. The lowest BCUT2D eigenvalue weighted by Crippen LogP contribution is -2.50. The minimum Gasteiger partial charge on any atom is -0.352 e. The molecule has 2 amide bonds. The zero-order valence-corrected chi connectivity index (χ0v) is 18.4. The molecular formula is C25H25N7O. The molecule has 0 radical (unpaired) electrons. The van der Waals surface area contributed by atoms with Gasteiger partial charge in [-0.1, -0.05) is 30.3 Å². The van der Waals surface area contributed by atoms with E-state index in [0.717, 1.165) is 33.7 Å². The normalized spacial score (nSPS) is 13.7. The van der Waals surface area contributed by atoms with Gasteiger partial charge in [0.2, 0.25) is 0 Å². The van der Waals surface area contributed by atoms with E-state index in [9.17, 15) is 4.79 Å². The van der Waals surface area contributed by atoms with Crippen LogP contribution in [-0.2, 0) is 0 Å². The fourth-order valence-electron chi connectivity index (χ4n) is 3.90. The van der Waals surface area contributed by atoms with Crippen molar-refractivity contribution in [3.8, 4) is 0 Å². The number of anilines is 4. The lowest BCUT2D eigenvalue weighted by atomic mass is 10.1. The zero-order chi connectivity index (χ0) is 22.6. The second-order valence-electron chi connectivity index (χ2n) is 8.09. The highest BCUT2D eigenvalue weighted by molar-refractivity contribution is 5.93. The Morgan fingerprint density at radius 2 is 1.67 bits per heavy atom. The van der Waals surface area contributed by atoms with Crippen molar-refractivity contribution in [2.24, 2.45) is 0 Å². The smallest absolute Gasteiger partial charge is 0.321 e. The van der Waals surface area contributed by atoms with Gasteiger partial charge in [0.25, 0.3) is 0 Å². The Hall–Kier alpha value is -4.20. The highest BCUT2D eigenvalue weighted by Gasteiger charge is 2.22. The van der Waals surface area contributed by atoms with E-state index in [2.05, 4.69) is 36.8 Å². The van der Waals surface area contributed by atoms with Crippen LogP contribution >= 0.6 is 0 Å². The third-order valence-corrected chi connectivity index (χ3v) is 5.71. The number of pyridine rings is 1. The number of fused-ring (bicyclic) bond motifs is 1. The van der Waals surface area contributed by atoms with Crippen molar-refractivity contribution in [1.82, 2.24) is 20.1 Å². The van der Waals surface area contributed by atoms with Crippen molar-refractivity contribution in [3.63, 3.8) is 0 Å². The Morgan fingerprint density at radius 1 is 0.848 bits per heavy atom. The number of urea groups is 1. The minimum absolute atomic E-state index is 0.0822. The van der Waals surface area contributed by atoms with Crippen LogP contribution in [0.4, 0.5) is 27.9 Å². The molecule has 0 bridgehead atoms. The number of carbonyl (C=O) groups is 1. The van der Waals surface area contributed by atoms with Gasteiger partial charge in [-0.2, -0.15) is 0 Å². The largest absolute Gasteiger partial charge is 0.352 e. The van der Waals surface area contributed by atoms with E-state index in [-0.39, 0.29) is 6.03 Å². The number of benzene rings is 2. The van der Waals surface area contributed by atoms with Gasteiger partial charge in [-0.05, 0) is 59.7 Å². The molecular weight excluding hydrogens is 414 g/mol. The van der Waals surface area contributed by atoms with E-state index >= 15 is 0 Å². The maximum Gasteiger partial charge on any atom is 0.321 e. The molecule has 4 aromatic rings. The van der Waals surface area contributed by atoms with Crippen LogP contribution in [0, 0.1) is 6.92 Å². The quantitative estimate of drug-likeness (QED) is 0.489. The van der Waals surface area contributed by atoms with E-state index in [1.165, 1.54) is 0 Å². The van der Waals surface area contributed by atoms with Crippen molar-refractivity contribution < 1.29 is 4.79 Å². The standard InChI is InChI=1S/C25H25N7O/c1-18-10-11-26-23(16-18)28-22-8-9-24(30-29-22)31-12-14-32(15-13-31)25(33)27-21-7-6-19-4-2-3-5-20(19)17-21/h2-11,16-17H,12-15H2,1H3,(H,27,33)(H,26,28,29). The summed E-state index contributed by atoms with van der Waals surface area (Å²) in [6, 6.07) is 21.7. The monoisotopic (exact) mass is 439 g/mol. The number of nitrogens with one attached hydrogen (secondary N) is 2. The maximum atomic E-state index is 12.7. The number of aryl methyl sites for hydroxylation is 1. The first-order valence-electron chi connectivity index (χ1n) is 11.0. The van der Waals surface area contributed by atoms with Gasteiger partial charge >= 0.3 is 6.03 Å². The van der Waals surface area contributed by atoms with E-state index < -0.39 is 0 Å². The number of amides is 2. The molecule has 166 valence electrons. The fraction of sp³-hybridized carbons (Fsp3) is 0.200. The van der Waals surface area contributed by atoms with Gasteiger partial charge in [-0.25, -0.2) is 9.78 Å². The van der Waals surface area contributed by atoms with Gasteiger partial charge in [-0.15, -0.1) is 10.2 Å². The Bertz CT molecular complexity index is 1270. The summed E-state index contributed by atoms with van der Waals surface area (Å²) in [6.45, 7) is 4.66. The van der Waals surface area contributed by atoms with Crippen LogP contribution in [0.5, 0.6) is 0 Å². The number of rotatable bonds is 4. The predicted octanol–water partition coefficient (Wildman–Crippen LogP) is 4.43. The lowest BCUT2D eigenvalue weighted by molar-refractivity contribution is 0.208. The molecule has 1 aliphatic heterocycles. The van der Waals surface area contributed by atoms with Crippen LogP contribution in [0.25, 0.3) is 10.8 Å². The molecule has 8 heteroatoms. The van der Waals surface area contributed by atoms with Gasteiger partial charge in [0.15, 0.2) is 11.6 Å². The molecule has 0 spiro atoms. The van der Waals surface area contributed by atoms with E-state index in [1.54, 1.807) is 6.20 Å². The molecule has 1 saturated heterocycles. The SMILES string of the molecule is Cc1ccnc(Nc2ccc(N3CCN(C(=O)Nc4ccc5ccccc5c4)CC3)nn2)c1. The van der Waals surface area contributed by atoms with Crippen LogP contribution in [-0.4, -0.2) is 52.3 Å². The number of nitrogens with zero attached hydrogens (tertiary/aromatic N) is 5. The molecule has 1 fully saturated rings. The predicted molar refractivity (Wildman–Crippen MR) is 131 cm³/mol. The molecule has 2 N–H and O–H groups in total. The Labute approximate surface area is 192 Å². The van der Waals surface area contributed by atoms with Crippen molar-refractivity contribution in [1.29, 1.82) is 0 Å². The van der Waals surface area contributed by atoms with Crippen molar-refractivity contribution >= 4 is 39.9 Å². The van der Waals surface area contributed by atoms with E-state index in [4.69, 9.17) is 0 Å². The number of hydrogen-bond donors (Lipinski definition) is 2. The van der Waals surface area contributed by atoms with Gasteiger partial charge in [-0.3, -0.25) is 0 Å². The summed E-state index contributed by atoms with van der Waals surface area (Å²) in [5.41, 5.74) is 1.93. The van der Waals surface area contributed by atoms with Crippen molar-refractivity contribution in [2.75, 3.05) is 41.7 Å². The molecule has 3 heterocycles. The van der Waals surface area contributed by atoms with E-state index in [1.807, 2.05) is 72.5 Å². The molecule has 2 aromatic carbocycles. The van der Waals surface area contributed by atoms with Crippen molar-refractivity contribution in [2.45, 2.75) is 6.92 Å². The topological polar surface area (TPSA) is 86.3 Å². The minimum atomic E-state index is -0.0822. The van der Waals surface area contributed by atoms with Crippen LogP contribution in [0.2, 0.25) is 0 Å². The second kappa shape index (κ2) is 9.12. The fourth-order valence-corrected chi connectivity index (χ4v) is 3.90. The molecule has 0 aliphatic carbocycles. The van der Waals surface area contributed by atoms with E-state index in [0.29, 0.717) is 32.0 Å². The van der Waals surface area contributed by atoms with Crippen molar-refractivity contribution in [3.05, 3.63) is 78.5 Å². The zero-order valence-electron chi connectivity index (χ0n) is 18.4. The lowest BCUT2D eigenvalue weighted by Gasteiger charge is -2.35. The molecule has 33 heavy (non-hydrogen) atoms. The number of piperazine rings is 1. The number of hydrogen-bond acceptors (Lipinski definition) is 6. The highest BCUT2D eigenvalue weighted by atomic mass is 16.2. The Morgan fingerprint density at radius 3 is 2.42 bits per heavy atom. The molecule has 2 aromatic heterocycles. The van der Waals surface area contributed by atoms with Gasteiger partial charge in [0.1, 0.15) is 5.82 Å². The first kappa shape index (κ1) is 20.7. The van der Waals surface area contributed by atoms with Crippen LogP contribution in [0.1, 0.15) is 5.56 Å². The van der Waals surface area contributed by atoms with Crippen LogP contribution in [0.15, 0.2) is 72.9 Å². The van der Waals surface area contributed by atoms with Gasteiger partial charge < -0.3 is 20.4 Å². The number of carbonyl (C=O) groups excluding carboxylic acids is 1. The molecule has 1 aliphatic rings. The van der Waals surface area contributed by atoms with Crippen LogP contribution in [0.3, 0.4) is 0 Å². The maximum absolute atomic E-state index is 12.7. The average molecular weight is 440 g/mol. The summed E-state index contributed by atoms with van der Waals surface area (Å²) < 4.78 is 0. The summed E-state index contributed by atoms with van der Waals surface area (Å²) in [7, 11) is 0. The molecule has 5 rings (SSSR count). The average Bonchev–Trinajstić information content (AvgIpc) is 2.85. The summed E-state index contributed by atoms with van der Waals surface area (Å²) >= 11 is 0. The third kappa shape index (κ3) is 4.85. The number of aromatic nitrogens is 3. The molecule has 8 nitrogen and oxygen atoms in total. The third-order valence-electron chi connectivity index (χ3n) is 5.71. The van der Waals surface area contributed by atoms with Gasteiger partial charge in [0.05, 0.1) is 0 Å². The summed E-state index contributed by atoms with van der Waals surface area (Å²) in [6.07, 6.45) is 1.76. The summed E-state index contributed by atoms with van der Waals surface area (Å²) in [4.78, 5) is 21.0. The Kier molecular flexibility index (Phi) is 5.72. The molecule has 0 unspecified atom stereocenters. The second-order valence-corrected chi connectivity index (χ2v) is 8.09. The first-order chi connectivity index (χ1) is 16.1. The molecule has 0 saturated carbocycles. The summed E-state index contributed by atoms with van der Waals surface area (Å²) in [5.74, 6) is 2.18. The molecule has 0 atom stereocenters. The Balaban J connectivity index is 1.16. The first-order valence-corrected chi connectivity index (χ1v) is 11.0.